The first-order valence-electron chi connectivity index (χ1n) is 4.57. The number of aromatic nitrogens is 2. The molecule has 0 bridgehead atoms. The number of methoxy groups -OCH3 is 1. The fourth-order valence-electron chi connectivity index (χ4n) is 1.29. The smallest absolute Gasteiger partial charge is 0.211 e. The van der Waals surface area contributed by atoms with Crippen LogP contribution in [0.15, 0.2) is 22.1 Å². The molecule has 2 aromatic rings. The van der Waals surface area contributed by atoms with Crippen LogP contribution in [0, 0.1) is 11.3 Å². The van der Waals surface area contributed by atoms with Crippen LogP contribution in [-0.4, -0.2) is 17.3 Å². The van der Waals surface area contributed by atoms with Crippen LogP contribution in [0.1, 0.15) is 5.56 Å². The lowest BCUT2D eigenvalue weighted by Gasteiger charge is -2.09. The molecule has 0 fully saturated rings. The van der Waals surface area contributed by atoms with Crippen molar-refractivity contribution < 1.29 is 4.74 Å². The minimum Gasteiger partial charge on any atom is -0.495 e. The second kappa shape index (κ2) is 5.12. The minimum atomic E-state index is 0.496. The van der Waals surface area contributed by atoms with E-state index < -0.39 is 0 Å². The molecule has 1 aromatic heterocycles. The lowest BCUT2D eigenvalue weighted by molar-refractivity contribution is 0.416. The second-order valence-corrected chi connectivity index (χ2v) is 5.23. The summed E-state index contributed by atoms with van der Waals surface area (Å²) in [7, 11) is 1.55. The molecule has 1 aromatic carbocycles. The Balaban J connectivity index is 2.40. The van der Waals surface area contributed by atoms with Crippen LogP contribution in [0.3, 0.4) is 0 Å². The third-order valence-electron chi connectivity index (χ3n) is 2.00. The molecule has 86 valence electrons. The maximum Gasteiger partial charge on any atom is 0.211 e. The van der Waals surface area contributed by atoms with Gasteiger partial charge in [0, 0.05) is 0 Å². The molecule has 17 heavy (non-hydrogen) atoms. The Morgan fingerprint density at radius 3 is 2.88 bits per heavy atom. The van der Waals surface area contributed by atoms with Crippen molar-refractivity contribution in [3.63, 3.8) is 0 Å². The number of nitriles is 1. The van der Waals surface area contributed by atoms with Gasteiger partial charge in [0.1, 0.15) is 17.5 Å². The van der Waals surface area contributed by atoms with Crippen LogP contribution in [-0.2, 0) is 0 Å². The summed E-state index contributed by atoms with van der Waals surface area (Å²) >= 11 is 4.56. The van der Waals surface area contributed by atoms with E-state index in [1.165, 1.54) is 11.3 Å². The molecule has 0 aliphatic rings. The first-order chi connectivity index (χ1) is 8.24. The summed E-state index contributed by atoms with van der Waals surface area (Å²) in [5, 5.41) is 20.4. The van der Waals surface area contributed by atoms with Gasteiger partial charge in [0.15, 0.2) is 3.92 Å². The normalized spacial score (nSPS) is 9.71. The Labute approximate surface area is 110 Å². The number of halogens is 1. The molecule has 2 rings (SSSR count). The Bertz CT molecular complexity index is 578. The molecular weight excluding hydrogens is 304 g/mol. The summed E-state index contributed by atoms with van der Waals surface area (Å²) in [6.45, 7) is 0. The lowest BCUT2D eigenvalue weighted by atomic mass is 10.2. The average molecular weight is 311 g/mol. The van der Waals surface area contributed by atoms with Crippen molar-refractivity contribution in [2.75, 3.05) is 12.4 Å². The maximum atomic E-state index is 9.03. The second-order valence-electron chi connectivity index (χ2n) is 2.98. The molecule has 5 nitrogen and oxygen atoms in total. The monoisotopic (exact) mass is 310 g/mol. The number of nitrogens with one attached hydrogen (secondary N) is 1. The van der Waals surface area contributed by atoms with Gasteiger partial charge in [0.05, 0.1) is 12.7 Å². The zero-order valence-electron chi connectivity index (χ0n) is 8.77. The first-order valence-corrected chi connectivity index (χ1v) is 6.18. The fraction of sp³-hybridized carbons (Fsp3) is 0.100. The highest BCUT2D eigenvalue weighted by Crippen LogP contribution is 2.32. The highest BCUT2D eigenvalue weighted by atomic mass is 79.9. The maximum absolute atomic E-state index is 9.03. The molecule has 0 aliphatic carbocycles. The van der Waals surface area contributed by atoms with Gasteiger partial charge >= 0.3 is 0 Å². The van der Waals surface area contributed by atoms with E-state index in [0.717, 1.165) is 0 Å². The van der Waals surface area contributed by atoms with Crippen molar-refractivity contribution in [3.05, 3.63) is 27.7 Å². The summed E-state index contributed by atoms with van der Waals surface area (Å²) in [6.07, 6.45) is 0. The Kier molecular flexibility index (Phi) is 3.56. The summed E-state index contributed by atoms with van der Waals surface area (Å²) in [5.41, 5.74) is 1.09. The van der Waals surface area contributed by atoms with E-state index in [-0.39, 0.29) is 0 Å². The Morgan fingerprint density at radius 1 is 1.47 bits per heavy atom. The number of hydrogen-bond acceptors (Lipinski definition) is 6. The number of ether oxygens (including phenoxy) is 1. The zero-order chi connectivity index (χ0) is 12.3. The molecule has 1 heterocycles. The van der Waals surface area contributed by atoms with Gasteiger partial charge in [0.25, 0.3) is 0 Å². The van der Waals surface area contributed by atoms with Crippen molar-refractivity contribution >= 4 is 38.1 Å². The van der Waals surface area contributed by atoms with E-state index in [4.69, 9.17) is 10.00 Å². The van der Waals surface area contributed by atoms with Crippen molar-refractivity contribution in [2.45, 2.75) is 0 Å². The van der Waals surface area contributed by atoms with Crippen molar-refractivity contribution in [2.24, 2.45) is 0 Å². The van der Waals surface area contributed by atoms with Gasteiger partial charge in [-0.15, -0.1) is 10.2 Å². The largest absolute Gasteiger partial charge is 0.495 e. The third-order valence-corrected chi connectivity index (χ3v) is 3.27. The highest BCUT2D eigenvalue weighted by Gasteiger charge is 2.11. The molecule has 0 amide bonds. The number of rotatable bonds is 3. The molecule has 0 saturated heterocycles. The molecule has 0 unspecified atom stereocenters. The number of para-hydroxylation sites is 1. The van der Waals surface area contributed by atoms with Gasteiger partial charge in [-0.1, -0.05) is 17.4 Å². The number of anilines is 2. The molecule has 7 heteroatoms. The fourth-order valence-corrected chi connectivity index (χ4v) is 2.30. The molecular formula is C10H7BrN4OS. The summed E-state index contributed by atoms with van der Waals surface area (Å²) in [4.78, 5) is 0. The average Bonchev–Trinajstić information content (AvgIpc) is 2.75. The highest BCUT2D eigenvalue weighted by molar-refractivity contribution is 9.11. The van der Waals surface area contributed by atoms with Crippen LogP contribution in [0.4, 0.5) is 10.8 Å². The topological polar surface area (TPSA) is 70.8 Å². The Morgan fingerprint density at radius 2 is 2.29 bits per heavy atom. The molecule has 1 N–H and O–H groups in total. The molecule has 0 aliphatic heterocycles. The van der Waals surface area contributed by atoms with Crippen LogP contribution in [0.5, 0.6) is 5.75 Å². The zero-order valence-corrected chi connectivity index (χ0v) is 11.2. The van der Waals surface area contributed by atoms with Gasteiger partial charge in [0.2, 0.25) is 5.13 Å². The molecule has 0 atom stereocenters. The number of benzene rings is 1. The van der Waals surface area contributed by atoms with E-state index in [1.807, 2.05) is 0 Å². The first kappa shape index (κ1) is 11.8. The van der Waals surface area contributed by atoms with E-state index in [9.17, 15) is 0 Å². The predicted octanol–water partition coefficient (Wildman–Crippen LogP) is 2.92. The van der Waals surface area contributed by atoms with Gasteiger partial charge in [-0.2, -0.15) is 5.26 Å². The summed E-state index contributed by atoms with van der Waals surface area (Å²) in [5.74, 6) is 0.593. The summed E-state index contributed by atoms with van der Waals surface area (Å²) < 4.78 is 5.87. The number of hydrogen-bond donors (Lipinski definition) is 1. The number of nitrogens with zero attached hydrogens (tertiary/aromatic N) is 3. The quantitative estimate of drug-likeness (QED) is 0.943. The predicted molar refractivity (Wildman–Crippen MR) is 68.6 cm³/mol. The SMILES string of the molecule is COc1cccc(C#N)c1Nc1nnc(Br)s1. The van der Waals surface area contributed by atoms with Crippen LogP contribution in [0.2, 0.25) is 0 Å². The lowest BCUT2D eigenvalue weighted by Crippen LogP contribution is -1.97. The molecule has 0 spiro atoms. The van der Waals surface area contributed by atoms with Gasteiger partial charge in [-0.3, -0.25) is 0 Å². The third kappa shape index (κ3) is 2.54. The van der Waals surface area contributed by atoms with E-state index in [2.05, 4.69) is 37.5 Å². The van der Waals surface area contributed by atoms with Crippen molar-refractivity contribution in [1.29, 1.82) is 5.26 Å². The Hall–Kier alpha value is -1.65. The molecule has 0 saturated carbocycles. The van der Waals surface area contributed by atoms with Crippen LogP contribution < -0.4 is 10.1 Å². The van der Waals surface area contributed by atoms with E-state index in [1.54, 1.807) is 25.3 Å². The van der Waals surface area contributed by atoms with Crippen molar-refractivity contribution in [3.8, 4) is 11.8 Å². The van der Waals surface area contributed by atoms with Gasteiger partial charge < -0.3 is 10.1 Å². The minimum absolute atomic E-state index is 0.496. The van der Waals surface area contributed by atoms with Gasteiger partial charge in [-0.05, 0) is 28.1 Å². The summed E-state index contributed by atoms with van der Waals surface area (Å²) in [6, 6.07) is 7.35. The molecule has 0 radical (unpaired) electrons. The van der Waals surface area contributed by atoms with Crippen LogP contribution in [0.25, 0.3) is 0 Å². The van der Waals surface area contributed by atoms with Gasteiger partial charge in [-0.25, -0.2) is 0 Å². The van der Waals surface area contributed by atoms with Crippen molar-refractivity contribution in [1.82, 2.24) is 10.2 Å². The van der Waals surface area contributed by atoms with E-state index >= 15 is 0 Å². The van der Waals surface area contributed by atoms with Crippen LogP contribution >= 0.6 is 27.3 Å². The standard InChI is InChI=1S/C10H7BrN4OS/c1-16-7-4-2-3-6(5-12)8(7)13-10-15-14-9(11)17-10/h2-4H,1H3,(H,13,15). The van der Waals surface area contributed by atoms with E-state index in [0.29, 0.717) is 26.0 Å².